The zero-order valence-corrected chi connectivity index (χ0v) is 13.3. The van der Waals surface area contributed by atoms with Gasteiger partial charge in [0.05, 0.1) is 10.4 Å². The molecule has 2 rings (SSSR count). The van der Waals surface area contributed by atoms with Gasteiger partial charge in [-0.2, -0.15) is 0 Å². The van der Waals surface area contributed by atoms with Crippen LogP contribution in [-0.4, -0.2) is 6.54 Å². The third kappa shape index (κ3) is 3.55. The summed E-state index contributed by atoms with van der Waals surface area (Å²) in [7, 11) is 0. The lowest BCUT2D eigenvalue weighted by Gasteiger charge is -2.15. The van der Waals surface area contributed by atoms with Crippen LogP contribution in [0.25, 0.3) is 0 Å². The fourth-order valence-electron chi connectivity index (χ4n) is 1.59. The van der Waals surface area contributed by atoms with Crippen LogP contribution in [0.2, 0.25) is 4.34 Å². The van der Waals surface area contributed by atoms with Crippen molar-refractivity contribution < 1.29 is 0 Å². The molecule has 1 N–H and O–H groups in total. The second-order valence-electron chi connectivity index (χ2n) is 3.70. The SMILES string of the molecule is CCCNC(c1cc(Br)cs1)c1ccc(Cl)s1. The van der Waals surface area contributed by atoms with Crippen molar-refractivity contribution in [2.24, 2.45) is 0 Å². The lowest BCUT2D eigenvalue weighted by molar-refractivity contribution is 0.613. The van der Waals surface area contributed by atoms with Crippen LogP contribution in [0.3, 0.4) is 0 Å². The molecule has 2 aromatic heterocycles. The van der Waals surface area contributed by atoms with Crippen molar-refractivity contribution in [3.63, 3.8) is 0 Å². The molecule has 0 spiro atoms. The van der Waals surface area contributed by atoms with Crippen LogP contribution in [0.1, 0.15) is 29.1 Å². The van der Waals surface area contributed by atoms with Crippen LogP contribution in [-0.2, 0) is 0 Å². The Balaban J connectivity index is 2.24. The molecule has 5 heteroatoms. The molecule has 0 bridgehead atoms. The molecule has 1 unspecified atom stereocenters. The van der Waals surface area contributed by atoms with E-state index in [0.717, 1.165) is 21.8 Å². The second-order valence-corrected chi connectivity index (χ2v) is 7.30. The summed E-state index contributed by atoms with van der Waals surface area (Å²) >= 11 is 12.9. The van der Waals surface area contributed by atoms with Gasteiger partial charge in [0.2, 0.25) is 0 Å². The molecule has 0 aliphatic heterocycles. The highest BCUT2D eigenvalue weighted by atomic mass is 79.9. The first-order chi connectivity index (χ1) is 8.20. The van der Waals surface area contributed by atoms with Gasteiger partial charge in [0.1, 0.15) is 0 Å². The van der Waals surface area contributed by atoms with Crippen LogP contribution in [0.4, 0.5) is 0 Å². The van der Waals surface area contributed by atoms with E-state index in [1.807, 2.05) is 6.07 Å². The lowest BCUT2D eigenvalue weighted by Crippen LogP contribution is -2.21. The number of thiophene rings is 2. The smallest absolute Gasteiger partial charge is 0.0931 e. The molecule has 2 aromatic rings. The second kappa shape index (κ2) is 6.34. The van der Waals surface area contributed by atoms with Gasteiger partial charge < -0.3 is 5.32 Å². The molecule has 1 atom stereocenters. The largest absolute Gasteiger partial charge is 0.305 e. The van der Waals surface area contributed by atoms with E-state index in [-0.39, 0.29) is 6.04 Å². The molecule has 0 amide bonds. The highest BCUT2D eigenvalue weighted by Gasteiger charge is 2.17. The monoisotopic (exact) mass is 349 g/mol. The van der Waals surface area contributed by atoms with Gasteiger partial charge >= 0.3 is 0 Å². The van der Waals surface area contributed by atoms with Gasteiger partial charge in [0.15, 0.2) is 0 Å². The Labute approximate surface area is 123 Å². The maximum absolute atomic E-state index is 6.02. The Kier molecular flexibility index (Phi) is 5.06. The van der Waals surface area contributed by atoms with Crippen LogP contribution in [0, 0.1) is 0 Å². The van der Waals surface area contributed by atoms with E-state index < -0.39 is 0 Å². The summed E-state index contributed by atoms with van der Waals surface area (Å²) < 4.78 is 1.99. The maximum atomic E-state index is 6.02. The van der Waals surface area contributed by atoms with Crippen molar-refractivity contribution in [2.45, 2.75) is 19.4 Å². The number of nitrogens with one attached hydrogen (secondary N) is 1. The first kappa shape index (κ1) is 13.6. The quantitative estimate of drug-likeness (QED) is 0.770. The predicted molar refractivity (Wildman–Crippen MR) is 81.5 cm³/mol. The molecule has 0 aromatic carbocycles. The molecule has 0 saturated heterocycles. The first-order valence-electron chi connectivity index (χ1n) is 5.43. The molecule has 92 valence electrons. The molecule has 0 saturated carbocycles. The fourth-order valence-corrected chi connectivity index (χ4v) is 4.36. The number of rotatable bonds is 5. The summed E-state index contributed by atoms with van der Waals surface area (Å²) in [5.41, 5.74) is 0. The van der Waals surface area contributed by atoms with E-state index in [9.17, 15) is 0 Å². The molecule has 0 fully saturated rings. The third-order valence-electron chi connectivity index (χ3n) is 2.35. The Hall–Kier alpha value is 0.130. The highest BCUT2D eigenvalue weighted by Crippen LogP contribution is 2.34. The molecular formula is C12H13BrClNS2. The van der Waals surface area contributed by atoms with Gasteiger partial charge in [-0.25, -0.2) is 0 Å². The van der Waals surface area contributed by atoms with E-state index in [4.69, 9.17) is 11.6 Å². The summed E-state index contributed by atoms with van der Waals surface area (Å²) in [6.07, 6.45) is 1.13. The van der Waals surface area contributed by atoms with Crippen LogP contribution >= 0.6 is 50.2 Å². The van der Waals surface area contributed by atoms with Crippen molar-refractivity contribution in [1.82, 2.24) is 5.32 Å². The van der Waals surface area contributed by atoms with Gasteiger partial charge in [0.25, 0.3) is 0 Å². The summed E-state index contributed by atoms with van der Waals surface area (Å²) in [6, 6.07) is 6.51. The van der Waals surface area contributed by atoms with Crippen molar-refractivity contribution in [1.29, 1.82) is 0 Å². The van der Waals surface area contributed by atoms with Crippen LogP contribution in [0.5, 0.6) is 0 Å². The van der Waals surface area contributed by atoms with Gasteiger partial charge in [-0.05, 0) is 47.1 Å². The minimum absolute atomic E-state index is 0.267. The number of hydrogen-bond donors (Lipinski definition) is 1. The Bertz CT molecular complexity index is 440. The average Bonchev–Trinajstić information content (AvgIpc) is 2.89. The maximum Gasteiger partial charge on any atom is 0.0931 e. The van der Waals surface area contributed by atoms with E-state index in [0.29, 0.717) is 0 Å². The van der Waals surface area contributed by atoms with Gasteiger partial charge in [-0.15, -0.1) is 22.7 Å². The van der Waals surface area contributed by atoms with E-state index in [2.05, 4.69) is 45.7 Å². The van der Waals surface area contributed by atoms with E-state index in [1.165, 1.54) is 9.75 Å². The van der Waals surface area contributed by atoms with Gasteiger partial charge in [-0.3, -0.25) is 0 Å². The molecule has 0 radical (unpaired) electrons. The number of hydrogen-bond acceptors (Lipinski definition) is 3. The summed E-state index contributed by atoms with van der Waals surface area (Å²) in [4.78, 5) is 2.60. The average molecular weight is 351 g/mol. The van der Waals surface area contributed by atoms with Crippen molar-refractivity contribution in [2.75, 3.05) is 6.54 Å². The summed E-state index contributed by atoms with van der Waals surface area (Å²) in [5, 5.41) is 5.69. The van der Waals surface area contributed by atoms with E-state index in [1.54, 1.807) is 22.7 Å². The van der Waals surface area contributed by atoms with Crippen LogP contribution in [0.15, 0.2) is 28.1 Å². The van der Waals surface area contributed by atoms with Crippen molar-refractivity contribution in [3.8, 4) is 0 Å². The fraction of sp³-hybridized carbons (Fsp3) is 0.333. The molecule has 2 heterocycles. The van der Waals surface area contributed by atoms with Gasteiger partial charge in [-0.1, -0.05) is 18.5 Å². The summed E-state index contributed by atoms with van der Waals surface area (Å²) in [5.74, 6) is 0. The number of halogens is 2. The Morgan fingerprint density at radius 1 is 1.41 bits per heavy atom. The highest BCUT2D eigenvalue weighted by molar-refractivity contribution is 9.10. The topological polar surface area (TPSA) is 12.0 Å². The lowest BCUT2D eigenvalue weighted by atomic mass is 10.2. The zero-order chi connectivity index (χ0) is 12.3. The molecule has 17 heavy (non-hydrogen) atoms. The minimum Gasteiger partial charge on any atom is -0.305 e. The minimum atomic E-state index is 0.267. The van der Waals surface area contributed by atoms with Crippen molar-refractivity contribution in [3.05, 3.63) is 42.1 Å². The van der Waals surface area contributed by atoms with Crippen molar-refractivity contribution >= 4 is 50.2 Å². The molecule has 0 aliphatic rings. The third-order valence-corrected chi connectivity index (χ3v) is 5.40. The molecular weight excluding hydrogens is 338 g/mol. The van der Waals surface area contributed by atoms with Crippen LogP contribution < -0.4 is 5.32 Å². The molecule has 0 aliphatic carbocycles. The summed E-state index contributed by atoms with van der Waals surface area (Å²) in [6.45, 7) is 3.19. The Morgan fingerprint density at radius 3 is 2.76 bits per heavy atom. The zero-order valence-electron chi connectivity index (χ0n) is 9.37. The first-order valence-corrected chi connectivity index (χ1v) is 8.30. The Morgan fingerprint density at radius 2 is 2.24 bits per heavy atom. The normalized spacial score (nSPS) is 12.9. The van der Waals surface area contributed by atoms with Gasteiger partial charge in [0, 0.05) is 19.6 Å². The molecule has 1 nitrogen and oxygen atoms in total. The van der Waals surface area contributed by atoms with E-state index >= 15 is 0 Å². The standard InChI is InChI=1S/C12H13BrClNS2/c1-2-5-15-12(9-3-4-11(14)17-9)10-6-8(13)7-16-10/h3-4,6-7,12,15H,2,5H2,1H3. The predicted octanol–water partition coefficient (Wildman–Crippen LogP) is 5.31.